The highest BCUT2D eigenvalue weighted by Crippen LogP contribution is 2.34. The number of amides is 3. The number of hydrogen-bond acceptors (Lipinski definition) is 6. The molecule has 0 saturated heterocycles. The number of nitrogens with zero attached hydrogens (tertiary/aromatic N) is 3. The fourth-order valence-electron chi connectivity index (χ4n) is 5.77. The fraction of sp³-hybridized carbons (Fsp3) is 0.265. The van der Waals surface area contributed by atoms with Crippen molar-refractivity contribution in [3.63, 3.8) is 0 Å². The van der Waals surface area contributed by atoms with E-state index in [4.69, 9.17) is 0 Å². The van der Waals surface area contributed by atoms with Crippen LogP contribution in [0.1, 0.15) is 61.5 Å². The van der Waals surface area contributed by atoms with Gasteiger partial charge in [0.1, 0.15) is 11.4 Å². The van der Waals surface area contributed by atoms with E-state index >= 15 is 0 Å². The second-order valence-corrected chi connectivity index (χ2v) is 11.1. The molecule has 3 N–H and O–H groups in total. The molecule has 3 amide bonds. The molecule has 0 saturated carbocycles. The predicted molar refractivity (Wildman–Crippen MR) is 166 cm³/mol. The van der Waals surface area contributed by atoms with Gasteiger partial charge in [0.2, 0.25) is 5.91 Å². The molecule has 0 bridgehead atoms. The lowest BCUT2D eigenvalue weighted by Gasteiger charge is -2.27. The molecule has 0 fully saturated rings. The average Bonchev–Trinajstić information content (AvgIpc) is 3.02. The van der Waals surface area contributed by atoms with Crippen LogP contribution in [0.2, 0.25) is 0 Å². The van der Waals surface area contributed by atoms with E-state index in [1.807, 2.05) is 62.4 Å². The van der Waals surface area contributed by atoms with Crippen molar-refractivity contribution in [3.05, 3.63) is 106 Å². The minimum Gasteiger partial charge on any atom is -0.338 e. The fourth-order valence-corrected chi connectivity index (χ4v) is 5.77. The molecule has 9 heteroatoms. The maximum absolute atomic E-state index is 13.2. The molecule has 0 unspecified atom stereocenters. The number of pyridine rings is 2. The van der Waals surface area contributed by atoms with Crippen molar-refractivity contribution in [2.45, 2.75) is 46.7 Å². The van der Waals surface area contributed by atoms with Gasteiger partial charge in [0, 0.05) is 68.7 Å². The minimum absolute atomic E-state index is 0.0374. The lowest BCUT2D eigenvalue weighted by Crippen LogP contribution is -2.35. The van der Waals surface area contributed by atoms with Crippen LogP contribution in [0.3, 0.4) is 0 Å². The van der Waals surface area contributed by atoms with E-state index in [9.17, 15) is 14.4 Å². The van der Waals surface area contributed by atoms with Crippen LogP contribution in [0, 0.1) is 13.8 Å². The van der Waals surface area contributed by atoms with Crippen LogP contribution < -0.4 is 16.0 Å². The summed E-state index contributed by atoms with van der Waals surface area (Å²) in [6.45, 7) is 8.26. The molecular weight excluding hydrogens is 540 g/mol. The van der Waals surface area contributed by atoms with Gasteiger partial charge in [-0.1, -0.05) is 36.4 Å². The Morgan fingerprint density at radius 3 is 1.88 bits per heavy atom. The molecule has 43 heavy (non-hydrogen) atoms. The van der Waals surface area contributed by atoms with Crippen LogP contribution in [0.4, 0.5) is 11.4 Å². The van der Waals surface area contributed by atoms with Crippen LogP contribution in [-0.2, 0) is 30.7 Å². The molecule has 2 aromatic carbocycles. The lowest BCUT2D eigenvalue weighted by molar-refractivity contribution is -0.129. The minimum atomic E-state index is -0.289. The van der Waals surface area contributed by atoms with E-state index in [1.54, 1.807) is 24.0 Å². The first-order valence-electron chi connectivity index (χ1n) is 14.5. The first-order valence-corrected chi connectivity index (χ1v) is 14.5. The van der Waals surface area contributed by atoms with Crippen LogP contribution in [0.15, 0.2) is 60.7 Å². The second kappa shape index (κ2) is 11.8. The van der Waals surface area contributed by atoms with Crippen molar-refractivity contribution in [2.75, 3.05) is 23.7 Å². The monoisotopic (exact) mass is 574 g/mol. The van der Waals surface area contributed by atoms with Crippen LogP contribution in [0.25, 0.3) is 11.1 Å². The molecule has 218 valence electrons. The van der Waals surface area contributed by atoms with Crippen LogP contribution in [-0.4, -0.2) is 45.7 Å². The number of fused-ring (bicyclic) bond motifs is 2. The highest BCUT2D eigenvalue weighted by atomic mass is 16.2. The van der Waals surface area contributed by atoms with E-state index in [2.05, 4.69) is 25.9 Å². The molecular formula is C34H34N6O3. The summed E-state index contributed by atoms with van der Waals surface area (Å²) in [6.07, 6.45) is 1.43. The third-order valence-corrected chi connectivity index (χ3v) is 8.34. The van der Waals surface area contributed by atoms with E-state index in [0.29, 0.717) is 42.3 Å². The average molecular weight is 575 g/mol. The summed E-state index contributed by atoms with van der Waals surface area (Å²) in [5, 5.41) is 9.41. The van der Waals surface area contributed by atoms with Crippen LogP contribution in [0.5, 0.6) is 0 Å². The van der Waals surface area contributed by atoms with Crippen LogP contribution >= 0.6 is 0 Å². The number of benzene rings is 2. The maximum Gasteiger partial charge on any atom is 0.274 e. The van der Waals surface area contributed by atoms with E-state index in [0.717, 1.165) is 64.3 Å². The third kappa shape index (κ3) is 5.76. The SMILES string of the molecule is CC(=O)N1CCc2nc(C(=O)Nc3cccc(-c4cccc(NC(=O)c5ccc6c(n5)CCNC6)c4C)c3C)ccc2C1. The third-order valence-electron chi connectivity index (χ3n) is 8.34. The molecule has 4 aromatic rings. The van der Waals surface area contributed by atoms with Gasteiger partial charge >= 0.3 is 0 Å². The highest BCUT2D eigenvalue weighted by Gasteiger charge is 2.22. The van der Waals surface area contributed by atoms with Gasteiger partial charge in [-0.2, -0.15) is 0 Å². The standard InChI is InChI=1S/C34H34N6O3/c1-20-25(6-4-8-27(20)38-33(42)31-12-10-23-18-35-16-14-29(23)36-31)26-7-5-9-28(21(26)2)39-34(43)32-13-11-24-19-40(22(3)41)17-15-30(24)37-32/h4-13,35H,14-19H2,1-3H3,(H,38,42)(H,39,43). The zero-order chi connectivity index (χ0) is 30.1. The Morgan fingerprint density at radius 2 is 1.30 bits per heavy atom. The quantitative estimate of drug-likeness (QED) is 0.315. The summed E-state index contributed by atoms with van der Waals surface area (Å²) in [4.78, 5) is 49.2. The Hall–Kier alpha value is -4.89. The van der Waals surface area contributed by atoms with Crippen molar-refractivity contribution in [1.82, 2.24) is 20.2 Å². The Morgan fingerprint density at radius 1 is 0.744 bits per heavy atom. The normalized spacial score (nSPS) is 14.0. The highest BCUT2D eigenvalue weighted by molar-refractivity contribution is 6.05. The summed E-state index contributed by atoms with van der Waals surface area (Å²) < 4.78 is 0. The van der Waals surface area contributed by atoms with E-state index < -0.39 is 0 Å². The van der Waals surface area contributed by atoms with Crippen molar-refractivity contribution < 1.29 is 14.4 Å². The Kier molecular flexibility index (Phi) is 7.73. The number of nitrogens with one attached hydrogen (secondary N) is 3. The zero-order valence-corrected chi connectivity index (χ0v) is 24.6. The van der Waals surface area contributed by atoms with Crippen molar-refractivity contribution in [1.29, 1.82) is 0 Å². The summed E-state index contributed by atoms with van der Waals surface area (Å²) in [5.74, 6) is -0.496. The molecule has 0 spiro atoms. The van der Waals surface area contributed by atoms with E-state index in [1.165, 1.54) is 0 Å². The van der Waals surface area contributed by atoms with Gasteiger partial charge in [-0.3, -0.25) is 14.4 Å². The number of rotatable bonds is 5. The predicted octanol–water partition coefficient (Wildman–Crippen LogP) is 4.82. The summed E-state index contributed by atoms with van der Waals surface area (Å²) in [7, 11) is 0. The van der Waals surface area contributed by atoms with Crippen molar-refractivity contribution >= 4 is 29.1 Å². The van der Waals surface area contributed by atoms with Crippen molar-refractivity contribution in [3.8, 4) is 11.1 Å². The van der Waals surface area contributed by atoms with Gasteiger partial charge in [0.15, 0.2) is 0 Å². The van der Waals surface area contributed by atoms with Gasteiger partial charge < -0.3 is 20.9 Å². The first-order chi connectivity index (χ1) is 20.8. The Balaban J connectivity index is 1.21. The lowest BCUT2D eigenvalue weighted by atomic mass is 9.94. The van der Waals surface area contributed by atoms with Gasteiger partial charge in [0.25, 0.3) is 11.8 Å². The van der Waals surface area contributed by atoms with Gasteiger partial charge in [0.05, 0.1) is 0 Å². The number of anilines is 2. The van der Waals surface area contributed by atoms with Gasteiger partial charge in [-0.15, -0.1) is 0 Å². The molecule has 0 radical (unpaired) electrons. The Labute approximate surface area is 250 Å². The summed E-state index contributed by atoms with van der Waals surface area (Å²) >= 11 is 0. The molecule has 2 aromatic heterocycles. The topological polar surface area (TPSA) is 116 Å². The number of carbonyl (C=O) groups excluding carboxylic acids is 3. The number of hydrogen-bond donors (Lipinski definition) is 3. The second-order valence-electron chi connectivity index (χ2n) is 11.1. The first kappa shape index (κ1) is 28.2. The largest absolute Gasteiger partial charge is 0.338 e. The number of aromatic nitrogens is 2. The molecule has 2 aliphatic heterocycles. The van der Waals surface area contributed by atoms with Gasteiger partial charge in [-0.05, 0) is 71.5 Å². The Bertz CT molecular complexity index is 1770. The molecule has 0 atom stereocenters. The molecule has 9 nitrogen and oxygen atoms in total. The van der Waals surface area contributed by atoms with Crippen molar-refractivity contribution in [2.24, 2.45) is 0 Å². The maximum atomic E-state index is 13.2. The molecule has 2 aliphatic rings. The van der Waals surface area contributed by atoms with Gasteiger partial charge in [-0.25, -0.2) is 9.97 Å². The summed E-state index contributed by atoms with van der Waals surface area (Å²) in [6, 6.07) is 18.9. The summed E-state index contributed by atoms with van der Waals surface area (Å²) in [5.41, 5.74) is 9.79. The molecule has 0 aliphatic carbocycles. The number of carbonyl (C=O) groups is 3. The molecule has 6 rings (SSSR count). The van der Waals surface area contributed by atoms with E-state index in [-0.39, 0.29) is 17.7 Å². The zero-order valence-electron chi connectivity index (χ0n) is 24.6. The molecule has 4 heterocycles. The smallest absolute Gasteiger partial charge is 0.274 e.